The molecule has 4 nitrogen and oxygen atoms in total. The van der Waals surface area contributed by atoms with Gasteiger partial charge >= 0.3 is 6.18 Å². The van der Waals surface area contributed by atoms with E-state index in [9.17, 15) is 13.2 Å². The number of aliphatic imine (C=N–C) groups is 1. The van der Waals surface area contributed by atoms with Gasteiger partial charge in [0, 0.05) is 6.42 Å². The Bertz CT molecular complexity index is 500. The van der Waals surface area contributed by atoms with Crippen molar-refractivity contribution in [3.63, 3.8) is 0 Å². The molecule has 1 heterocycles. The fourth-order valence-electron chi connectivity index (χ4n) is 2.07. The molecule has 0 amide bonds. The molecule has 0 spiro atoms. The van der Waals surface area contributed by atoms with Crippen molar-refractivity contribution in [2.45, 2.75) is 38.1 Å². The molecule has 0 bridgehead atoms. The largest absolute Gasteiger partial charge is 0.490 e. The highest BCUT2D eigenvalue weighted by Gasteiger charge is 2.30. The molecule has 2 rings (SSSR count). The molecule has 0 saturated heterocycles. The highest BCUT2D eigenvalue weighted by molar-refractivity contribution is 5.73. The normalized spacial score (nSPS) is 19.8. The van der Waals surface area contributed by atoms with E-state index >= 15 is 0 Å². The SMILES string of the molecule is CC[C@H](C[C@H]1COC(N)=N1)Oc1ccc(C(F)(F)F)cc1. The van der Waals surface area contributed by atoms with Crippen LogP contribution in [0, 0.1) is 0 Å². The zero-order valence-corrected chi connectivity index (χ0v) is 11.6. The second-order valence-electron chi connectivity index (χ2n) is 4.84. The lowest BCUT2D eigenvalue weighted by molar-refractivity contribution is -0.137. The fraction of sp³-hybridized carbons (Fsp3) is 0.500. The van der Waals surface area contributed by atoms with Crippen molar-refractivity contribution in [1.29, 1.82) is 0 Å². The van der Waals surface area contributed by atoms with E-state index in [1.165, 1.54) is 12.1 Å². The molecule has 0 aliphatic carbocycles. The summed E-state index contributed by atoms with van der Waals surface area (Å²) in [6.07, 6.45) is -3.16. The molecule has 2 atom stereocenters. The summed E-state index contributed by atoms with van der Waals surface area (Å²) >= 11 is 0. The van der Waals surface area contributed by atoms with Crippen LogP contribution in [0.3, 0.4) is 0 Å². The minimum Gasteiger partial charge on any atom is -0.490 e. The predicted molar refractivity (Wildman–Crippen MR) is 72.1 cm³/mol. The van der Waals surface area contributed by atoms with Gasteiger partial charge in [-0.2, -0.15) is 13.2 Å². The minimum atomic E-state index is -4.34. The molecule has 1 aromatic rings. The monoisotopic (exact) mass is 302 g/mol. The van der Waals surface area contributed by atoms with E-state index in [0.717, 1.165) is 12.1 Å². The smallest absolute Gasteiger partial charge is 0.416 e. The maximum Gasteiger partial charge on any atom is 0.416 e. The van der Waals surface area contributed by atoms with Crippen LogP contribution < -0.4 is 10.5 Å². The summed E-state index contributed by atoms with van der Waals surface area (Å²) in [5, 5.41) is 0. The van der Waals surface area contributed by atoms with E-state index in [1.54, 1.807) is 0 Å². The molecule has 0 saturated carbocycles. The molecular weight excluding hydrogens is 285 g/mol. The standard InChI is InChI=1S/C14H17F3N2O2/c1-2-11(7-10-8-20-13(18)19-10)21-12-5-3-9(4-6-12)14(15,16)17/h3-6,10-11H,2,7-8H2,1H3,(H2,18,19)/t10-,11+/m0/s1. The van der Waals surface area contributed by atoms with Crippen molar-refractivity contribution >= 4 is 6.02 Å². The maximum atomic E-state index is 12.5. The van der Waals surface area contributed by atoms with Crippen LogP contribution in [0.1, 0.15) is 25.3 Å². The minimum absolute atomic E-state index is 0.0654. The highest BCUT2D eigenvalue weighted by Crippen LogP contribution is 2.30. The van der Waals surface area contributed by atoms with Crippen LogP contribution in [0.25, 0.3) is 0 Å². The van der Waals surface area contributed by atoms with Crippen molar-refractivity contribution in [2.24, 2.45) is 10.7 Å². The van der Waals surface area contributed by atoms with Gasteiger partial charge in [0.05, 0.1) is 11.6 Å². The Morgan fingerprint density at radius 1 is 1.38 bits per heavy atom. The molecule has 116 valence electrons. The molecule has 0 aromatic heterocycles. The summed E-state index contributed by atoms with van der Waals surface area (Å²) in [6.45, 7) is 2.36. The van der Waals surface area contributed by atoms with Gasteiger partial charge in [0.1, 0.15) is 18.5 Å². The van der Waals surface area contributed by atoms with E-state index < -0.39 is 11.7 Å². The lowest BCUT2D eigenvalue weighted by Gasteiger charge is -2.19. The van der Waals surface area contributed by atoms with Gasteiger partial charge in [0.15, 0.2) is 0 Å². The fourth-order valence-corrected chi connectivity index (χ4v) is 2.07. The van der Waals surface area contributed by atoms with Crippen LogP contribution in [0.5, 0.6) is 5.75 Å². The van der Waals surface area contributed by atoms with Crippen molar-refractivity contribution in [3.05, 3.63) is 29.8 Å². The first-order valence-electron chi connectivity index (χ1n) is 6.68. The van der Waals surface area contributed by atoms with E-state index in [-0.39, 0.29) is 18.2 Å². The van der Waals surface area contributed by atoms with Crippen LogP contribution in [0.4, 0.5) is 13.2 Å². The Morgan fingerprint density at radius 3 is 2.52 bits per heavy atom. The maximum absolute atomic E-state index is 12.5. The number of ether oxygens (including phenoxy) is 2. The average molecular weight is 302 g/mol. The van der Waals surface area contributed by atoms with Gasteiger partial charge in [0.2, 0.25) is 0 Å². The molecule has 0 fully saturated rings. The second kappa shape index (κ2) is 6.24. The van der Waals surface area contributed by atoms with Crippen molar-refractivity contribution in [1.82, 2.24) is 0 Å². The third kappa shape index (κ3) is 4.27. The summed E-state index contributed by atoms with van der Waals surface area (Å²) in [7, 11) is 0. The molecule has 2 N–H and O–H groups in total. The number of benzene rings is 1. The van der Waals surface area contributed by atoms with E-state index in [0.29, 0.717) is 25.2 Å². The zero-order chi connectivity index (χ0) is 15.5. The van der Waals surface area contributed by atoms with Gasteiger partial charge in [0.25, 0.3) is 6.02 Å². The summed E-state index contributed by atoms with van der Waals surface area (Å²) in [5.74, 6) is 0.408. The van der Waals surface area contributed by atoms with Crippen molar-refractivity contribution < 1.29 is 22.6 Å². The summed E-state index contributed by atoms with van der Waals surface area (Å²) in [5.41, 5.74) is 4.74. The summed E-state index contributed by atoms with van der Waals surface area (Å²) < 4.78 is 48.2. The van der Waals surface area contributed by atoms with Crippen LogP contribution in [0.15, 0.2) is 29.3 Å². The van der Waals surface area contributed by atoms with E-state index in [1.807, 2.05) is 6.92 Å². The van der Waals surface area contributed by atoms with Gasteiger partial charge < -0.3 is 15.2 Å². The molecule has 1 aliphatic heterocycles. The Hall–Kier alpha value is -1.92. The van der Waals surface area contributed by atoms with E-state index in [4.69, 9.17) is 15.2 Å². The van der Waals surface area contributed by atoms with E-state index in [2.05, 4.69) is 4.99 Å². The number of hydrogen-bond donors (Lipinski definition) is 1. The molecule has 1 aromatic carbocycles. The van der Waals surface area contributed by atoms with Crippen LogP contribution in [-0.2, 0) is 10.9 Å². The van der Waals surface area contributed by atoms with Crippen molar-refractivity contribution in [3.8, 4) is 5.75 Å². The zero-order valence-electron chi connectivity index (χ0n) is 11.6. The highest BCUT2D eigenvalue weighted by atomic mass is 19.4. The quantitative estimate of drug-likeness (QED) is 0.909. The number of hydrogen-bond acceptors (Lipinski definition) is 4. The third-order valence-corrected chi connectivity index (χ3v) is 3.21. The van der Waals surface area contributed by atoms with Gasteiger partial charge in [-0.05, 0) is 30.7 Å². The van der Waals surface area contributed by atoms with Gasteiger partial charge in [-0.15, -0.1) is 0 Å². The van der Waals surface area contributed by atoms with Crippen LogP contribution in [0.2, 0.25) is 0 Å². The van der Waals surface area contributed by atoms with Crippen LogP contribution in [-0.4, -0.2) is 24.8 Å². The first-order valence-corrected chi connectivity index (χ1v) is 6.68. The molecular formula is C14H17F3N2O2. The Labute approximate surface area is 120 Å². The average Bonchev–Trinajstić information content (AvgIpc) is 2.83. The van der Waals surface area contributed by atoms with Crippen molar-refractivity contribution in [2.75, 3.05) is 6.61 Å². The summed E-state index contributed by atoms with van der Waals surface area (Å²) in [6, 6.07) is 4.78. The van der Waals surface area contributed by atoms with Gasteiger partial charge in [-0.1, -0.05) is 6.92 Å². The Morgan fingerprint density at radius 2 is 2.05 bits per heavy atom. The Balaban J connectivity index is 1.95. The summed E-state index contributed by atoms with van der Waals surface area (Å²) in [4.78, 5) is 4.11. The Kier molecular flexibility index (Phi) is 4.59. The number of halogens is 3. The van der Waals surface area contributed by atoms with Crippen LogP contribution >= 0.6 is 0 Å². The number of amidine groups is 1. The first kappa shape index (κ1) is 15.5. The lowest BCUT2D eigenvalue weighted by Crippen LogP contribution is -2.22. The van der Waals surface area contributed by atoms with Gasteiger partial charge in [-0.25, -0.2) is 4.99 Å². The number of alkyl halides is 3. The third-order valence-electron chi connectivity index (χ3n) is 3.21. The molecule has 7 heteroatoms. The first-order chi connectivity index (χ1) is 9.88. The molecule has 0 radical (unpaired) electrons. The molecule has 1 aliphatic rings. The number of rotatable bonds is 5. The van der Waals surface area contributed by atoms with Gasteiger partial charge in [-0.3, -0.25) is 0 Å². The number of nitrogens with zero attached hydrogens (tertiary/aromatic N) is 1. The second-order valence-corrected chi connectivity index (χ2v) is 4.84. The molecule has 21 heavy (non-hydrogen) atoms. The predicted octanol–water partition coefficient (Wildman–Crippen LogP) is 2.97. The topological polar surface area (TPSA) is 56.8 Å². The lowest BCUT2D eigenvalue weighted by atomic mass is 10.1. The number of nitrogens with two attached hydrogens (primary N) is 1. The molecule has 0 unspecified atom stereocenters.